The van der Waals surface area contributed by atoms with Gasteiger partial charge in [-0.3, -0.25) is 9.59 Å². The molecule has 156 valence electrons. The number of benzene rings is 1. The van der Waals surface area contributed by atoms with Crippen molar-refractivity contribution in [2.75, 3.05) is 26.2 Å². The van der Waals surface area contributed by atoms with Crippen molar-refractivity contribution in [2.45, 2.75) is 71.3 Å². The first kappa shape index (κ1) is 22.4. The van der Waals surface area contributed by atoms with Gasteiger partial charge in [-0.05, 0) is 68.9 Å². The Balaban J connectivity index is 1.71. The number of carbonyl (C=O) groups is 2. The SMILES string of the molecule is CC(NC(=O)c1ccc(C(C)(C)C)cc1)C(=O)NCCCN1CCCCCC1. The molecular formula is C23H37N3O2. The molecule has 0 saturated carbocycles. The lowest BCUT2D eigenvalue weighted by Crippen LogP contribution is -2.45. The van der Waals surface area contributed by atoms with Gasteiger partial charge in [0.05, 0.1) is 0 Å². The van der Waals surface area contributed by atoms with Gasteiger partial charge in [-0.2, -0.15) is 0 Å². The lowest BCUT2D eigenvalue weighted by molar-refractivity contribution is -0.122. The molecule has 0 spiro atoms. The van der Waals surface area contributed by atoms with Gasteiger partial charge in [0.25, 0.3) is 5.91 Å². The van der Waals surface area contributed by atoms with Crippen molar-refractivity contribution in [1.29, 1.82) is 0 Å². The molecule has 0 aliphatic carbocycles. The van der Waals surface area contributed by atoms with Crippen LogP contribution < -0.4 is 10.6 Å². The number of carbonyl (C=O) groups excluding carboxylic acids is 2. The van der Waals surface area contributed by atoms with Crippen LogP contribution in [0.4, 0.5) is 0 Å². The molecule has 1 saturated heterocycles. The van der Waals surface area contributed by atoms with Crippen LogP contribution in [0.25, 0.3) is 0 Å². The molecule has 1 atom stereocenters. The molecule has 2 N–H and O–H groups in total. The number of rotatable bonds is 7. The topological polar surface area (TPSA) is 61.4 Å². The molecule has 28 heavy (non-hydrogen) atoms. The summed E-state index contributed by atoms with van der Waals surface area (Å²) in [5.41, 5.74) is 1.81. The summed E-state index contributed by atoms with van der Waals surface area (Å²) in [6.45, 7) is 12.2. The van der Waals surface area contributed by atoms with Crippen molar-refractivity contribution in [2.24, 2.45) is 0 Å². The predicted octanol–water partition coefficient (Wildman–Crippen LogP) is 3.48. The standard InChI is InChI=1S/C23H37N3O2/c1-18(21(27)24-14-9-17-26-15-7-5-6-8-16-26)25-22(28)19-10-12-20(13-11-19)23(2,3)4/h10-13,18H,5-9,14-17H2,1-4H3,(H,24,27)(H,25,28). The molecule has 5 heteroatoms. The summed E-state index contributed by atoms with van der Waals surface area (Å²) >= 11 is 0. The Morgan fingerprint density at radius 2 is 1.64 bits per heavy atom. The Hall–Kier alpha value is -1.88. The van der Waals surface area contributed by atoms with Crippen molar-refractivity contribution in [3.05, 3.63) is 35.4 Å². The third-order valence-corrected chi connectivity index (χ3v) is 5.40. The minimum atomic E-state index is -0.548. The summed E-state index contributed by atoms with van der Waals surface area (Å²) < 4.78 is 0. The summed E-state index contributed by atoms with van der Waals surface area (Å²) in [7, 11) is 0. The molecule has 0 aromatic heterocycles. The van der Waals surface area contributed by atoms with E-state index in [1.807, 2.05) is 24.3 Å². The van der Waals surface area contributed by atoms with Gasteiger partial charge in [0, 0.05) is 12.1 Å². The molecule has 5 nitrogen and oxygen atoms in total. The zero-order chi connectivity index (χ0) is 20.6. The van der Waals surface area contributed by atoms with E-state index in [1.165, 1.54) is 44.3 Å². The normalized spacial score (nSPS) is 16.9. The van der Waals surface area contributed by atoms with Gasteiger partial charge in [0.2, 0.25) is 5.91 Å². The number of hydrogen-bond acceptors (Lipinski definition) is 3. The second-order valence-electron chi connectivity index (χ2n) is 8.92. The van der Waals surface area contributed by atoms with E-state index in [1.54, 1.807) is 6.92 Å². The van der Waals surface area contributed by atoms with E-state index in [0.717, 1.165) is 13.0 Å². The summed E-state index contributed by atoms with van der Waals surface area (Å²) in [6, 6.07) is 7.04. The van der Waals surface area contributed by atoms with Crippen LogP contribution in [0.3, 0.4) is 0 Å². The molecule has 0 bridgehead atoms. The fraction of sp³-hybridized carbons (Fsp3) is 0.652. The zero-order valence-corrected chi connectivity index (χ0v) is 18.0. The molecule has 1 aromatic carbocycles. The number of amides is 2. The number of nitrogens with one attached hydrogen (secondary N) is 2. The van der Waals surface area contributed by atoms with Crippen molar-refractivity contribution < 1.29 is 9.59 Å². The van der Waals surface area contributed by atoms with Gasteiger partial charge in [0.15, 0.2) is 0 Å². The van der Waals surface area contributed by atoms with Crippen LogP contribution in [-0.2, 0) is 10.2 Å². The van der Waals surface area contributed by atoms with E-state index in [4.69, 9.17) is 0 Å². The first-order valence-corrected chi connectivity index (χ1v) is 10.7. The van der Waals surface area contributed by atoms with Crippen molar-refractivity contribution in [3.63, 3.8) is 0 Å². The van der Waals surface area contributed by atoms with Crippen molar-refractivity contribution >= 4 is 11.8 Å². The molecule has 1 aliphatic heterocycles. The van der Waals surface area contributed by atoms with Gasteiger partial charge in [-0.15, -0.1) is 0 Å². The van der Waals surface area contributed by atoms with Crippen molar-refractivity contribution in [3.8, 4) is 0 Å². The highest BCUT2D eigenvalue weighted by molar-refractivity contribution is 5.97. The highest BCUT2D eigenvalue weighted by Crippen LogP contribution is 2.22. The molecule has 0 radical (unpaired) electrons. The van der Waals surface area contributed by atoms with E-state index < -0.39 is 6.04 Å². The second kappa shape index (κ2) is 10.6. The lowest BCUT2D eigenvalue weighted by atomic mass is 9.86. The summed E-state index contributed by atoms with van der Waals surface area (Å²) in [5.74, 6) is -0.344. The maximum atomic E-state index is 12.4. The monoisotopic (exact) mass is 387 g/mol. The van der Waals surface area contributed by atoms with Crippen LogP contribution in [0, 0.1) is 0 Å². The third kappa shape index (κ3) is 7.27. The Kier molecular flexibility index (Phi) is 8.49. The largest absolute Gasteiger partial charge is 0.354 e. The molecule has 1 heterocycles. The molecule has 2 amide bonds. The number of hydrogen-bond donors (Lipinski definition) is 2. The summed E-state index contributed by atoms with van der Waals surface area (Å²) in [6.07, 6.45) is 6.19. The summed E-state index contributed by atoms with van der Waals surface area (Å²) in [4.78, 5) is 27.1. The Labute approximate surface area is 170 Å². The molecule has 1 aliphatic rings. The molecule has 1 aromatic rings. The molecule has 1 fully saturated rings. The van der Waals surface area contributed by atoms with Crippen LogP contribution in [0.15, 0.2) is 24.3 Å². The maximum Gasteiger partial charge on any atom is 0.251 e. The van der Waals surface area contributed by atoms with E-state index in [9.17, 15) is 9.59 Å². The van der Waals surface area contributed by atoms with Crippen LogP contribution in [0.2, 0.25) is 0 Å². The highest BCUT2D eigenvalue weighted by atomic mass is 16.2. The van der Waals surface area contributed by atoms with Gasteiger partial charge < -0.3 is 15.5 Å². The van der Waals surface area contributed by atoms with Crippen molar-refractivity contribution in [1.82, 2.24) is 15.5 Å². The van der Waals surface area contributed by atoms with E-state index >= 15 is 0 Å². The van der Waals surface area contributed by atoms with Crippen LogP contribution in [0.1, 0.15) is 75.7 Å². The average molecular weight is 388 g/mol. The minimum absolute atomic E-state index is 0.0511. The average Bonchev–Trinajstić information content (AvgIpc) is 2.93. The zero-order valence-electron chi connectivity index (χ0n) is 18.0. The first-order valence-electron chi connectivity index (χ1n) is 10.7. The van der Waals surface area contributed by atoms with Gasteiger partial charge in [-0.25, -0.2) is 0 Å². The van der Waals surface area contributed by atoms with Crippen LogP contribution >= 0.6 is 0 Å². The Morgan fingerprint density at radius 3 is 2.21 bits per heavy atom. The third-order valence-electron chi connectivity index (χ3n) is 5.40. The molecular weight excluding hydrogens is 350 g/mol. The smallest absolute Gasteiger partial charge is 0.251 e. The fourth-order valence-electron chi connectivity index (χ4n) is 3.49. The minimum Gasteiger partial charge on any atom is -0.354 e. The summed E-state index contributed by atoms with van der Waals surface area (Å²) in [5, 5.41) is 5.73. The van der Waals surface area contributed by atoms with E-state index in [0.29, 0.717) is 12.1 Å². The number of likely N-dealkylation sites (tertiary alicyclic amines) is 1. The van der Waals surface area contributed by atoms with Gasteiger partial charge >= 0.3 is 0 Å². The lowest BCUT2D eigenvalue weighted by Gasteiger charge is -2.20. The fourth-order valence-corrected chi connectivity index (χ4v) is 3.49. The molecule has 2 rings (SSSR count). The second-order valence-corrected chi connectivity index (χ2v) is 8.92. The van der Waals surface area contributed by atoms with Gasteiger partial charge in [0.1, 0.15) is 6.04 Å². The predicted molar refractivity (Wildman–Crippen MR) is 115 cm³/mol. The van der Waals surface area contributed by atoms with Gasteiger partial charge in [-0.1, -0.05) is 45.7 Å². The van der Waals surface area contributed by atoms with Crippen LogP contribution in [0.5, 0.6) is 0 Å². The first-order chi connectivity index (χ1) is 13.3. The Bertz CT molecular complexity index is 626. The number of nitrogens with zero attached hydrogens (tertiary/aromatic N) is 1. The molecule has 1 unspecified atom stereocenters. The van der Waals surface area contributed by atoms with E-state index in [-0.39, 0.29) is 17.2 Å². The maximum absolute atomic E-state index is 12.4. The highest BCUT2D eigenvalue weighted by Gasteiger charge is 2.18. The van der Waals surface area contributed by atoms with E-state index in [2.05, 4.69) is 36.3 Å². The quantitative estimate of drug-likeness (QED) is 0.704. The van der Waals surface area contributed by atoms with Crippen LogP contribution in [-0.4, -0.2) is 48.9 Å². The Morgan fingerprint density at radius 1 is 1.04 bits per heavy atom.